The van der Waals surface area contributed by atoms with Crippen LogP contribution in [0.15, 0.2) is 214 Å². The molecule has 4 fully saturated rings. The van der Waals surface area contributed by atoms with Crippen molar-refractivity contribution in [2.45, 2.75) is 259 Å². The number of hydrogen-bond acceptors (Lipinski definition) is 23. The lowest BCUT2D eigenvalue weighted by molar-refractivity contribution is -0.138. The highest BCUT2D eigenvalue weighted by Gasteiger charge is 2.49. The molecule has 0 unspecified atom stereocenters. The van der Waals surface area contributed by atoms with Crippen LogP contribution >= 0.6 is 0 Å². The second kappa shape index (κ2) is 40.6. The molecule has 0 radical (unpaired) electrons. The quantitative estimate of drug-likeness (QED) is 0.0907. The highest BCUT2D eigenvalue weighted by molar-refractivity contribution is 7.94. The number of fused-ring (bicyclic) bond motifs is 12. The van der Waals surface area contributed by atoms with E-state index in [2.05, 4.69) is 149 Å². The number of anilines is 8. The van der Waals surface area contributed by atoms with E-state index in [0.717, 1.165) is 122 Å². The van der Waals surface area contributed by atoms with Crippen molar-refractivity contribution in [1.82, 2.24) is 19.4 Å². The SMILES string of the molecule is Cc1cccc(S(=O)(=O)N2C[C@@H]3CN(C(=O)CC#N)CCN3c3ccc(C4=CC(C)(C)OC(C)(C)C4)cc32)c1.Cc1cccc(S(=O)(=O)N2C[C@@H]3CN(CC(=O)O)CCN3c3ccc(C4=CC(C)(C)OC(C)(C)C4)cc32)c1.Cc1cccc(S(=O)(=O)N2C[C@@H]3CN(S(C)(=O)=O)CCN3c3ccc(C4=CC(C)(C)OC(C)(C)C4)cc32)c1.Cc1cccc(S(=O)(=O)N2C[C@@H]3CNCCN3c3ccc(C4=CC(C)(C)OC(C)(C)C4)cc32)c1. The topological polar surface area (TPSA) is 333 Å². The van der Waals surface area contributed by atoms with E-state index in [-0.39, 0.29) is 112 Å². The number of rotatable bonds is 16. The Morgan fingerprint density at radius 1 is 0.362 bits per heavy atom. The minimum absolute atomic E-state index is 0.0530. The lowest BCUT2D eigenvalue weighted by Crippen LogP contribution is -2.61. The van der Waals surface area contributed by atoms with Crippen LogP contribution in [-0.4, -0.2) is 260 Å². The van der Waals surface area contributed by atoms with E-state index >= 15 is 0 Å². The third-order valence-electron chi connectivity index (χ3n) is 29.5. The van der Waals surface area contributed by atoms with Crippen LogP contribution in [0.4, 0.5) is 45.5 Å². The first-order chi connectivity index (χ1) is 69.5. The van der Waals surface area contributed by atoms with Crippen molar-refractivity contribution in [3.63, 3.8) is 0 Å². The molecule has 8 aromatic carbocycles. The highest BCUT2D eigenvalue weighted by Crippen LogP contribution is 2.52. The molecule has 149 heavy (non-hydrogen) atoms. The Morgan fingerprint density at radius 3 is 0.960 bits per heavy atom. The summed E-state index contributed by atoms with van der Waals surface area (Å²) in [5.74, 6) is -1.10. The molecule has 12 aliphatic rings. The average Bonchev–Trinajstić information content (AvgIpc) is 0.744. The summed E-state index contributed by atoms with van der Waals surface area (Å²) in [4.78, 5) is 37.5. The van der Waals surface area contributed by atoms with Gasteiger partial charge >= 0.3 is 5.97 Å². The smallest absolute Gasteiger partial charge is 0.317 e. The van der Waals surface area contributed by atoms with Gasteiger partial charge in [0, 0.05) is 104 Å². The molecule has 0 saturated carbocycles. The third kappa shape index (κ3) is 23.8. The van der Waals surface area contributed by atoms with Crippen LogP contribution < -0.4 is 42.1 Å². The summed E-state index contributed by atoms with van der Waals surface area (Å²) in [6, 6.07) is 54.0. The molecule has 12 aliphatic heterocycles. The Morgan fingerprint density at radius 2 is 0.658 bits per heavy atom. The molecule has 0 bridgehead atoms. The van der Waals surface area contributed by atoms with Crippen LogP contribution in [0.2, 0.25) is 0 Å². The number of piperazine rings is 4. The molecule has 4 saturated heterocycles. The number of carbonyl (C=O) groups is 2. The Bertz CT molecular complexity index is 7370. The number of hydrogen-bond donors (Lipinski definition) is 2. The third-order valence-corrected chi connectivity index (χ3v) is 37.9. The van der Waals surface area contributed by atoms with Crippen LogP contribution in [0.5, 0.6) is 0 Å². The van der Waals surface area contributed by atoms with Gasteiger partial charge in [-0.3, -0.25) is 31.7 Å². The summed E-state index contributed by atoms with van der Waals surface area (Å²) in [6.07, 6.45) is 12.5. The standard InChI is InChI=1S/C30H36N4O4S.C29H37N3O5S.C28H37N3O5S2.C27H35N3O3S/c1-21-7-6-8-25(15-21)39(36,37)34-20-24-19-32(28(35)11-12-31)13-14-33(24)26-10-9-22(16-27(26)34)23-17-29(2,3)38-30(4,5)18-23;1-20-7-6-8-24(13-20)38(35,36)32-18-23-17-30(19-27(33)34)11-12-31(23)25-10-9-21(14-26(25)32)22-15-28(2,3)37-29(4,5)16-22;1-20-8-7-9-24(14-20)38(34,35)31-19-23-18-29(37(6,32)33)12-13-30(23)25-11-10-21(15-26(25)31)22-16-27(2,3)36-28(4,5)17-22;1-19-7-6-8-23(13-19)34(31,32)30-18-22-17-28-11-12-29(22)24-10-9-20(14-25(24)30)21-15-26(2,3)33-27(4,5)16-21/h6-10,15-17,24H,11,13-14,18-20H2,1-5H3;6-10,13-15,23H,11-12,16-19H2,1-5H3,(H,33,34);7-11,14-16,23H,12-13,17-19H2,1-6H3;6-10,13-15,22,28H,11-12,16-18H2,1-5H3/t24-;2*23-;22-/m0000/s1. The lowest BCUT2D eigenvalue weighted by atomic mass is 9.85. The molecule has 0 aromatic heterocycles. The number of carboxylic acids is 1. The van der Waals surface area contributed by atoms with E-state index in [1.165, 1.54) is 29.0 Å². The van der Waals surface area contributed by atoms with Gasteiger partial charge in [-0.05, 0) is 327 Å². The maximum Gasteiger partial charge on any atom is 0.317 e. The molecule has 1 amide bonds. The number of carboxylic acid groups (broad SMARTS) is 1. The van der Waals surface area contributed by atoms with E-state index < -0.39 is 72.9 Å². The Labute approximate surface area is 882 Å². The fraction of sp³-hybridized carbons (Fsp3) is 0.482. The summed E-state index contributed by atoms with van der Waals surface area (Å²) in [7, 11) is -18.7. The van der Waals surface area contributed by atoms with Gasteiger partial charge in [0.15, 0.2) is 0 Å². The summed E-state index contributed by atoms with van der Waals surface area (Å²) >= 11 is 0. The first-order valence-electron chi connectivity index (χ1n) is 51.5. The van der Waals surface area contributed by atoms with Crippen molar-refractivity contribution in [2.24, 2.45) is 0 Å². The monoisotopic (exact) mass is 2130 g/mol. The Balaban J connectivity index is 0.000000135. The molecular formula is C114H145N13O17S5. The normalized spacial score (nSPS) is 22.9. The summed E-state index contributed by atoms with van der Waals surface area (Å²) < 4.78 is 170. The maximum absolute atomic E-state index is 14.1. The lowest BCUT2D eigenvalue weighted by Gasteiger charge is -2.49. The second-order valence-electron chi connectivity index (χ2n) is 46.5. The van der Waals surface area contributed by atoms with E-state index in [1.54, 1.807) is 75.9 Å². The van der Waals surface area contributed by atoms with Gasteiger partial charge in [0.2, 0.25) is 15.9 Å². The van der Waals surface area contributed by atoms with Gasteiger partial charge in [0.25, 0.3) is 40.1 Å². The number of sulfonamides is 5. The number of nitrogens with one attached hydrogen (secondary N) is 1. The first kappa shape index (κ1) is 109. The molecule has 30 nitrogen and oxygen atoms in total. The van der Waals surface area contributed by atoms with Gasteiger partial charge in [-0.15, -0.1) is 0 Å². The fourth-order valence-corrected chi connectivity index (χ4v) is 31.5. The number of benzene rings is 8. The molecule has 0 aliphatic carbocycles. The minimum Gasteiger partial charge on any atom is -0.480 e. The molecule has 8 aromatic rings. The Kier molecular flexibility index (Phi) is 29.7. The van der Waals surface area contributed by atoms with Crippen molar-refractivity contribution in [1.29, 1.82) is 5.26 Å². The number of aryl methyl sites for hydroxylation is 4. The summed E-state index contributed by atoms with van der Waals surface area (Å²) in [5, 5.41) is 21.8. The molecular weight excluding hydrogens is 1980 g/mol. The zero-order chi connectivity index (χ0) is 108. The molecule has 12 heterocycles. The number of carbonyl (C=O) groups excluding carboxylic acids is 1. The molecule has 4 atom stereocenters. The molecule has 2 N–H and O–H groups in total. The van der Waals surface area contributed by atoms with E-state index in [1.807, 2.05) is 153 Å². The Hall–Kier alpha value is -11.0. The van der Waals surface area contributed by atoms with Crippen molar-refractivity contribution in [2.75, 3.05) is 154 Å². The zero-order valence-electron chi connectivity index (χ0n) is 89.7. The van der Waals surface area contributed by atoms with Crippen LogP contribution in [0.25, 0.3) is 22.3 Å². The van der Waals surface area contributed by atoms with E-state index in [4.69, 9.17) is 24.2 Å². The van der Waals surface area contributed by atoms with Crippen molar-refractivity contribution < 1.29 is 75.7 Å². The molecule has 0 spiro atoms. The number of ether oxygens (including phenoxy) is 4. The number of nitrogens with zero attached hydrogens (tertiary/aromatic N) is 12. The van der Waals surface area contributed by atoms with E-state index in [0.29, 0.717) is 93.7 Å². The van der Waals surface area contributed by atoms with Gasteiger partial charge in [-0.1, -0.05) is 72.8 Å². The van der Waals surface area contributed by atoms with Crippen molar-refractivity contribution in [3.05, 3.63) is 239 Å². The van der Waals surface area contributed by atoms with Gasteiger partial charge in [-0.25, -0.2) is 42.1 Å². The predicted molar refractivity (Wildman–Crippen MR) is 591 cm³/mol. The predicted octanol–water partition coefficient (Wildman–Crippen LogP) is 17.0. The largest absolute Gasteiger partial charge is 0.480 e. The van der Waals surface area contributed by atoms with Crippen LogP contribution in [-0.2, 0) is 78.7 Å². The minimum atomic E-state index is -3.90. The average molecular weight is 2130 g/mol. The van der Waals surface area contributed by atoms with Crippen LogP contribution in [0, 0.1) is 39.0 Å². The molecule has 798 valence electrons. The summed E-state index contributed by atoms with van der Waals surface area (Å²) in [6.45, 7) is 48.4. The van der Waals surface area contributed by atoms with Gasteiger partial charge in [0.05, 0.1) is 179 Å². The molecule has 35 heteroatoms. The van der Waals surface area contributed by atoms with Gasteiger partial charge in [-0.2, -0.15) is 9.57 Å². The van der Waals surface area contributed by atoms with Crippen molar-refractivity contribution >= 4 is 130 Å². The molecule has 20 rings (SSSR count). The second-order valence-corrected chi connectivity index (χ2v) is 55.9. The van der Waals surface area contributed by atoms with Gasteiger partial charge in [0.1, 0.15) is 6.42 Å². The first-order valence-corrected chi connectivity index (χ1v) is 59.1. The number of amides is 1. The summed E-state index contributed by atoms with van der Waals surface area (Å²) in [5.41, 5.74) is 15.2. The number of aliphatic carboxylic acids is 1. The van der Waals surface area contributed by atoms with Crippen molar-refractivity contribution in [3.8, 4) is 6.07 Å². The number of nitriles is 1. The fourth-order valence-electron chi connectivity index (χ4n) is 24.2. The maximum atomic E-state index is 14.1. The highest BCUT2D eigenvalue weighted by atomic mass is 32.2. The van der Waals surface area contributed by atoms with E-state index in [9.17, 15) is 56.8 Å². The van der Waals surface area contributed by atoms with Crippen LogP contribution in [0.1, 0.15) is 187 Å². The van der Waals surface area contributed by atoms with Crippen LogP contribution in [0.3, 0.4) is 0 Å². The van der Waals surface area contributed by atoms with Gasteiger partial charge < -0.3 is 53.9 Å². The zero-order valence-corrected chi connectivity index (χ0v) is 93.8.